The molecule has 0 bridgehead atoms. The summed E-state index contributed by atoms with van der Waals surface area (Å²) in [6.07, 6.45) is 3.51. The van der Waals surface area contributed by atoms with Gasteiger partial charge in [0.25, 0.3) is 5.91 Å². The predicted molar refractivity (Wildman–Crippen MR) is 48.9 cm³/mol. The molecule has 0 saturated heterocycles. The van der Waals surface area contributed by atoms with Gasteiger partial charge in [0.1, 0.15) is 0 Å². The molecule has 68 valence electrons. The third-order valence-corrected chi connectivity index (χ3v) is 1.47. The fourth-order valence-corrected chi connectivity index (χ4v) is 0.523. The molecule has 0 aliphatic carbocycles. The molecule has 0 aromatic carbocycles. The molecule has 0 aromatic rings. The smallest absolute Gasteiger partial charge is 0.260 e. The maximum atomic E-state index is 10.9. The third-order valence-electron chi connectivity index (χ3n) is 1.47. The molecular formula is C8H15N3O. The molecule has 0 atom stereocenters. The van der Waals surface area contributed by atoms with E-state index in [1.54, 1.807) is 13.0 Å². The lowest BCUT2D eigenvalue weighted by Crippen LogP contribution is -2.30. The van der Waals surface area contributed by atoms with Crippen molar-refractivity contribution in [2.75, 3.05) is 7.05 Å². The van der Waals surface area contributed by atoms with Crippen molar-refractivity contribution in [3.05, 3.63) is 23.4 Å². The molecule has 0 rings (SSSR count). The van der Waals surface area contributed by atoms with Gasteiger partial charge in [0, 0.05) is 18.3 Å². The first-order valence-electron chi connectivity index (χ1n) is 3.65. The number of hydrogen-bond acceptors (Lipinski definition) is 3. The van der Waals surface area contributed by atoms with Crippen molar-refractivity contribution in [2.24, 2.45) is 5.84 Å². The fraction of sp³-hybridized carbons (Fsp3) is 0.375. The molecule has 1 amide bonds. The maximum Gasteiger partial charge on any atom is 0.260 e. The van der Waals surface area contributed by atoms with Gasteiger partial charge in [-0.15, -0.1) is 0 Å². The van der Waals surface area contributed by atoms with Crippen LogP contribution in [0.3, 0.4) is 0 Å². The normalized spacial score (nSPS) is 12.7. The van der Waals surface area contributed by atoms with Crippen LogP contribution >= 0.6 is 0 Å². The van der Waals surface area contributed by atoms with Crippen LogP contribution in [-0.4, -0.2) is 13.0 Å². The van der Waals surface area contributed by atoms with Crippen LogP contribution in [0, 0.1) is 0 Å². The fourth-order valence-electron chi connectivity index (χ4n) is 0.523. The van der Waals surface area contributed by atoms with Crippen LogP contribution < -0.4 is 16.6 Å². The van der Waals surface area contributed by atoms with E-state index in [4.69, 9.17) is 5.84 Å². The third kappa shape index (κ3) is 3.78. The summed E-state index contributed by atoms with van der Waals surface area (Å²) in [4.78, 5) is 10.9. The highest BCUT2D eigenvalue weighted by Gasteiger charge is 1.97. The second kappa shape index (κ2) is 5.37. The standard InChI is InChI=1S/C8H15N3O/c1-6(8(12)11-9)4-5-7(2)10-3/h4-5,10H,9H2,1-3H3,(H,11,12)/b6-4+,7-5+. The first-order valence-corrected chi connectivity index (χ1v) is 3.65. The Labute approximate surface area is 72.5 Å². The van der Waals surface area contributed by atoms with E-state index in [9.17, 15) is 4.79 Å². The SMILES string of the molecule is CN/C(C)=C/C=C(\C)C(=O)NN. The molecule has 0 saturated carbocycles. The van der Waals surface area contributed by atoms with Gasteiger partial charge in [-0.1, -0.05) is 6.08 Å². The van der Waals surface area contributed by atoms with Gasteiger partial charge in [-0.05, 0) is 19.9 Å². The molecule has 0 aliphatic heterocycles. The molecule has 0 radical (unpaired) electrons. The number of carbonyl (C=O) groups is 1. The number of rotatable bonds is 3. The van der Waals surface area contributed by atoms with Gasteiger partial charge in [0.05, 0.1) is 0 Å². The largest absolute Gasteiger partial charge is 0.392 e. The van der Waals surface area contributed by atoms with Crippen LogP contribution in [0.4, 0.5) is 0 Å². The maximum absolute atomic E-state index is 10.9. The van der Waals surface area contributed by atoms with Gasteiger partial charge in [0.2, 0.25) is 0 Å². The number of nitrogens with two attached hydrogens (primary N) is 1. The second-order valence-electron chi connectivity index (χ2n) is 2.42. The molecule has 12 heavy (non-hydrogen) atoms. The summed E-state index contributed by atoms with van der Waals surface area (Å²) in [6, 6.07) is 0. The molecule has 4 N–H and O–H groups in total. The van der Waals surface area contributed by atoms with Crippen molar-refractivity contribution < 1.29 is 4.79 Å². The summed E-state index contributed by atoms with van der Waals surface area (Å²) < 4.78 is 0. The Bertz CT molecular complexity index is 218. The van der Waals surface area contributed by atoms with E-state index in [-0.39, 0.29) is 5.91 Å². The van der Waals surface area contributed by atoms with Crippen LogP contribution in [-0.2, 0) is 4.79 Å². The van der Waals surface area contributed by atoms with E-state index >= 15 is 0 Å². The minimum absolute atomic E-state index is 0.268. The van der Waals surface area contributed by atoms with Gasteiger partial charge in [-0.2, -0.15) is 0 Å². The predicted octanol–water partition coefficient (Wildman–Crippen LogP) is 0.0458. The molecule has 4 heteroatoms. The number of allylic oxidation sites excluding steroid dienone is 3. The zero-order valence-electron chi connectivity index (χ0n) is 7.64. The van der Waals surface area contributed by atoms with E-state index in [0.717, 1.165) is 5.70 Å². The molecule has 4 nitrogen and oxygen atoms in total. The number of carbonyl (C=O) groups excluding carboxylic acids is 1. The summed E-state index contributed by atoms with van der Waals surface area (Å²) in [5, 5.41) is 2.93. The summed E-state index contributed by atoms with van der Waals surface area (Å²) in [5.74, 6) is 4.67. The Balaban J connectivity index is 4.27. The second-order valence-corrected chi connectivity index (χ2v) is 2.42. The number of hydrazine groups is 1. The highest BCUT2D eigenvalue weighted by Crippen LogP contribution is 1.94. The van der Waals surface area contributed by atoms with Crippen molar-refractivity contribution in [3.8, 4) is 0 Å². The van der Waals surface area contributed by atoms with Crippen LogP contribution in [0.1, 0.15) is 13.8 Å². The molecule has 0 unspecified atom stereocenters. The zero-order chi connectivity index (χ0) is 9.56. The van der Waals surface area contributed by atoms with Crippen LogP contribution in [0.2, 0.25) is 0 Å². The van der Waals surface area contributed by atoms with Gasteiger partial charge in [0.15, 0.2) is 0 Å². The Kier molecular flexibility index (Phi) is 4.79. The summed E-state index contributed by atoms with van der Waals surface area (Å²) in [7, 11) is 1.82. The number of nitrogens with one attached hydrogen (secondary N) is 2. The number of amides is 1. The topological polar surface area (TPSA) is 67.2 Å². The molecule has 0 heterocycles. The zero-order valence-corrected chi connectivity index (χ0v) is 7.64. The van der Waals surface area contributed by atoms with E-state index in [1.165, 1.54) is 0 Å². The quantitative estimate of drug-likeness (QED) is 0.184. The Hall–Kier alpha value is -1.29. The molecular weight excluding hydrogens is 154 g/mol. The van der Waals surface area contributed by atoms with Crippen LogP contribution in [0.5, 0.6) is 0 Å². The monoisotopic (exact) mass is 169 g/mol. The van der Waals surface area contributed by atoms with Crippen molar-refractivity contribution in [1.82, 2.24) is 10.7 Å². The lowest BCUT2D eigenvalue weighted by atomic mass is 10.2. The Morgan fingerprint density at radius 3 is 2.33 bits per heavy atom. The lowest BCUT2D eigenvalue weighted by molar-refractivity contribution is -0.117. The first kappa shape index (κ1) is 10.7. The highest BCUT2D eigenvalue weighted by molar-refractivity contribution is 5.92. The van der Waals surface area contributed by atoms with E-state index in [1.807, 2.05) is 25.5 Å². The molecule has 0 aromatic heterocycles. The van der Waals surface area contributed by atoms with E-state index in [2.05, 4.69) is 5.32 Å². The van der Waals surface area contributed by atoms with Gasteiger partial charge in [-0.3, -0.25) is 10.2 Å². The minimum atomic E-state index is -0.268. The van der Waals surface area contributed by atoms with Crippen molar-refractivity contribution >= 4 is 5.91 Å². The summed E-state index contributed by atoms with van der Waals surface area (Å²) >= 11 is 0. The Morgan fingerprint density at radius 1 is 1.33 bits per heavy atom. The molecule has 0 fully saturated rings. The van der Waals surface area contributed by atoms with Crippen molar-refractivity contribution in [1.29, 1.82) is 0 Å². The van der Waals surface area contributed by atoms with Crippen molar-refractivity contribution in [3.63, 3.8) is 0 Å². The summed E-state index contributed by atoms with van der Waals surface area (Å²) in [6.45, 7) is 3.60. The van der Waals surface area contributed by atoms with Gasteiger partial charge in [-0.25, -0.2) is 5.84 Å². The molecule has 0 aliphatic rings. The van der Waals surface area contributed by atoms with Gasteiger partial charge >= 0.3 is 0 Å². The molecule has 0 spiro atoms. The van der Waals surface area contributed by atoms with Crippen LogP contribution in [0.15, 0.2) is 23.4 Å². The van der Waals surface area contributed by atoms with Crippen LogP contribution in [0.25, 0.3) is 0 Å². The minimum Gasteiger partial charge on any atom is -0.392 e. The highest BCUT2D eigenvalue weighted by atomic mass is 16.2. The Morgan fingerprint density at radius 2 is 1.92 bits per heavy atom. The van der Waals surface area contributed by atoms with E-state index in [0.29, 0.717) is 5.57 Å². The van der Waals surface area contributed by atoms with Crippen molar-refractivity contribution in [2.45, 2.75) is 13.8 Å². The number of hydrogen-bond donors (Lipinski definition) is 3. The van der Waals surface area contributed by atoms with E-state index < -0.39 is 0 Å². The average molecular weight is 169 g/mol. The average Bonchev–Trinajstić information content (AvgIpc) is 2.11. The lowest BCUT2D eigenvalue weighted by Gasteiger charge is -1.98. The van der Waals surface area contributed by atoms with Gasteiger partial charge < -0.3 is 5.32 Å². The first-order chi connectivity index (χ1) is 5.61. The summed E-state index contributed by atoms with van der Waals surface area (Å²) in [5.41, 5.74) is 3.61.